The third-order valence-corrected chi connectivity index (χ3v) is 4.41. The minimum Gasteiger partial charge on any atom is -0.350 e. The number of benzene rings is 2. The zero-order valence-corrected chi connectivity index (χ0v) is 16.8. The number of nitrogens with one attached hydrogen (secondary N) is 1. The topological polar surface area (TPSA) is 73.1 Å². The number of rotatable bonds is 4. The molecule has 0 fully saturated rings. The molecule has 1 heterocycles. The minimum atomic E-state index is -0.535. The molecule has 3 rings (SSSR count). The van der Waals surface area contributed by atoms with Crippen LogP contribution in [0.3, 0.4) is 0 Å². The van der Waals surface area contributed by atoms with Gasteiger partial charge >= 0.3 is 5.69 Å². The summed E-state index contributed by atoms with van der Waals surface area (Å²) in [7, 11) is 0. The van der Waals surface area contributed by atoms with Crippen molar-refractivity contribution in [1.82, 2.24) is 14.5 Å². The first-order chi connectivity index (χ1) is 13.2. The Bertz CT molecular complexity index is 1160. The summed E-state index contributed by atoms with van der Waals surface area (Å²) in [6, 6.07) is 13.8. The number of para-hydroxylation sites is 1. The number of nitrogens with zero attached hydrogens (tertiary/aromatic N) is 2. The Morgan fingerprint density at radius 2 is 1.75 bits per heavy atom. The molecule has 0 atom stereocenters. The summed E-state index contributed by atoms with van der Waals surface area (Å²) in [5.74, 6) is -0.298. The van der Waals surface area contributed by atoms with Crippen LogP contribution in [0.2, 0.25) is 5.02 Å². The van der Waals surface area contributed by atoms with Gasteiger partial charge in [-0.1, -0.05) is 35.9 Å². The van der Waals surface area contributed by atoms with Gasteiger partial charge in [0.2, 0.25) is 5.91 Å². The van der Waals surface area contributed by atoms with Gasteiger partial charge in [-0.15, -0.1) is 0 Å². The molecule has 28 heavy (non-hydrogen) atoms. The van der Waals surface area contributed by atoms with Crippen LogP contribution in [0.15, 0.2) is 58.1 Å². The summed E-state index contributed by atoms with van der Waals surface area (Å²) in [4.78, 5) is 38.5. The first-order valence-corrected chi connectivity index (χ1v) is 9.31. The van der Waals surface area contributed by atoms with Crippen molar-refractivity contribution in [1.29, 1.82) is 0 Å². The van der Waals surface area contributed by atoms with Gasteiger partial charge in [-0.05, 0) is 50.6 Å². The predicted molar refractivity (Wildman–Crippen MR) is 111 cm³/mol. The van der Waals surface area contributed by atoms with E-state index in [4.69, 9.17) is 11.6 Å². The van der Waals surface area contributed by atoms with E-state index in [9.17, 15) is 14.4 Å². The van der Waals surface area contributed by atoms with Gasteiger partial charge in [0.1, 0.15) is 6.54 Å². The van der Waals surface area contributed by atoms with Gasteiger partial charge in [0, 0.05) is 10.6 Å². The van der Waals surface area contributed by atoms with E-state index < -0.39 is 16.8 Å². The van der Waals surface area contributed by atoms with Gasteiger partial charge in [0.15, 0.2) is 0 Å². The lowest BCUT2D eigenvalue weighted by atomic mass is 10.1. The van der Waals surface area contributed by atoms with E-state index in [2.05, 4.69) is 5.32 Å². The summed E-state index contributed by atoms with van der Waals surface area (Å²) in [5, 5.41) is 3.75. The van der Waals surface area contributed by atoms with E-state index in [-0.39, 0.29) is 19.0 Å². The van der Waals surface area contributed by atoms with Crippen LogP contribution < -0.4 is 16.6 Å². The van der Waals surface area contributed by atoms with Crippen molar-refractivity contribution in [2.45, 2.75) is 39.4 Å². The molecule has 2 aromatic carbocycles. The van der Waals surface area contributed by atoms with Crippen LogP contribution in [0, 0.1) is 0 Å². The summed E-state index contributed by atoms with van der Waals surface area (Å²) in [5.41, 5.74) is -0.191. The molecule has 146 valence electrons. The van der Waals surface area contributed by atoms with Crippen LogP contribution in [0.4, 0.5) is 0 Å². The standard InChI is InChI=1S/C21H22ClN3O3/c1-21(2,3)23-18(26)13-24-17-10-5-4-9-16(17)19(27)25(20(24)28)12-14-7-6-8-15(22)11-14/h4-11H,12-13H2,1-3H3,(H,23,26). The van der Waals surface area contributed by atoms with Crippen LogP contribution in [-0.4, -0.2) is 20.6 Å². The quantitative estimate of drug-likeness (QED) is 0.733. The van der Waals surface area contributed by atoms with Crippen LogP contribution in [0.1, 0.15) is 26.3 Å². The molecule has 0 saturated heterocycles. The van der Waals surface area contributed by atoms with Crippen molar-refractivity contribution >= 4 is 28.4 Å². The van der Waals surface area contributed by atoms with E-state index in [0.29, 0.717) is 15.9 Å². The van der Waals surface area contributed by atoms with E-state index >= 15 is 0 Å². The number of hydrogen-bond donors (Lipinski definition) is 1. The SMILES string of the molecule is CC(C)(C)NC(=O)Cn1c(=O)n(Cc2cccc(Cl)c2)c(=O)c2ccccc21. The molecule has 0 spiro atoms. The number of aromatic nitrogens is 2. The predicted octanol–water partition coefficient (Wildman–Crippen LogP) is 2.78. The van der Waals surface area contributed by atoms with Gasteiger partial charge in [0.05, 0.1) is 17.4 Å². The maximum Gasteiger partial charge on any atom is 0.332 e. The Balaban J connectivity index is 2.13. The van der Waals surface area contributed by atoms with Crippen molar-refractivity contribution in [3.05, 3.63) is 80.0 Å². The molecule has 6 nitrogen and oxygen atoms in total. The number of fused-ring (bicyclic) bond motifs is 1. The molecular formula is C21H22ClN3O3. The van der Waals surface area contributed by atoms with Crippen LogP contribution in [0.25, 0.3) is 10.9 Å². The van der Waals surface area contributed by atoms with Gasteiger partial charge in [-0.3, -0.25) is 18.7 Å². The van der Waals surface area contributed by atoms with Crippen LogP contribution in [-0.2, 0) is 17.9 Å². The number of carbonyl (C=O) groups excluding carboxylic acids is 1. The smallest absolute Gasteiger partial charge is 0.332 e. The number of halogens is 1. The summed E-state index contributed by atoms with van der Waals surface area (Å²) >= 11 is 6.02. The van der Waals surface area contributed by atoms with E-state index in [1.54, 1.807) is 48.5 Å². The molecule has 7 heteroatoms. The average molecular weight is 400 g/mol. The van der Waals surface area contributed by atoms with Gasteiger partial charge in [-0.2, -0.15) is 0 Å². The lowest BCUT2D eigenvalue weighted by Gasteiger charge is -2.21. The largest absolute Gasteiger partial charge is 0.350 e. The second-order valence-electron chi connectivity index (χ2n) is 7.71. The van der Waals surface area contributed by atoms with Crippen molar-refractivity contribution in [3.63, 3.8) is 0 Å². The maximum atomic E-state index is 13.1. The lowest BCUT2D eigenvalue weighted by Crippen LogP contribution is -2.46. The fraction of sp³-hybridized carbons (Fsp3) is 0.286. The molecule has 0 aliphatic rings. The normalized spacial score (nSPS) is 11.6. The molecule has 0 bridgehead atoms. The first-order valence-electron chi connectivity index (χ1n) is 8.93. The monoisotopic (exact) mass is 399 g/mol. The van der Waals surface area contributed by atoms with Gasteiger partial charge in [0.25, 0.3) is 5.56 Å². The van der Waals surface area contributed by atoms with Crippen LogP contribution in [0.5, 0.6) is 0 Å². The van der Waals surface area contributed by atoms with Gasteiger partial charge in [-0.25, -0.2) is 4.79 Å². The molecule has 0 aliphatic heterocycles. The molecule has 3 aromatic rings. The summed E-state index contributed by atoms with van der Waals surface area (Å²) in [6.45, 7) is 5.50. The maximum absolute atomic E-state index is 13.1. The van der Waals surface area contributed by atoms with Crippen molar-refractivity contribution in [3.8, 4) is 0 Å². The fourth-order valence-electron chi connectivity index (χ4n) is 3.08. The van der Waals surface area contributed by atoms with Crippen molar-refractivity contribution in [2.75, 3.05) is 0 Å². The molecule has 0 saturated carbocycles. The Hall–Kier alpha value is -2.86. The fourth-order valence-corrected chi connectivity index (χ4v) is 3.30. The third kappa shape index (κ3) is 4.34. The average Bonchev–Trinajstić information content (AvgIpc) is 2.61. The zero-order chi connectivity index (χ0) is 20.5. The van der Waals surface area contributed by atoms with E-state index in [0.717, 1.165) is 10.1 Å². The number of amides is 1. The zero-order valence-electron chi connectivity index (χ0n) is 16.0. The Morgan fingerprint density at radius 1 is 1.04 bits per heavy atom. The summed E-state index contributed by atoms with van der Waals surface area (Å²) < 4.78 is 2.47. The Kier molecular flexibility index (Phi) is 5.42. The highest BCUT2D eigenvalue weighted by Gasteiger charge is 2.18. The van der Waals surface area contributed by atoms with Crippen molar-refractivity contribution in [2.24, 2.45) is 0 Å². The van der Waals surface area contributed by atoms with Gasteiger partial charge < -0.3 is 5.32 Å². The molecule has 0 radical (unpaired) electrons. The molecular weight excluding hydrogens is 378 g/mol. The second kappa shape index (κ2) is 7.64. The summed E-state index contributed by atoms with van der Waals surface area (Å²) in [6.07, 6.45) is 0. The third-order valence-electron chi connectivity index (χ3n) is 4.18. The highest BCUT2D eigenvalue weighted by atomic mass is 35.5. The number of hydrogen-bond acceptors (Lipinski definition) is 3. The number of carbonyl (C=O) groups is 1. The highest BCUT2D eigenvalue weighted by Crippen LogP contribution is 2.12. The molecule has 0 aliphatic carbocycles. The minimum absolute atomic E-state index is 0.0734. The van der Waals surface area contributed by atoms with Crippen molar-refractivity contribution < 1.29 is 4.79 Å². The lowest BCUT2D eigenvalue weighted by molar-refractivity contribution is -0.123. The highest BCUT2D eigenvalue weighted by molar-refractivity contribution is 6.30. The Morgan fingerprint density at radius 3 is 2.43 bits per heavy atom. The molecule has 0 unspecified atom stereocenters. The van der Waals surface area contributed by atoms with E-state index in [1.165, 1.54) is 4.57 Å². The van der Waals surface area contributed by atoms with E-state index in [1.807, 2.05) is 20.8 Å². The molecule has 1 aromatic heterocycles. The first kappa shape index (κ1) is 19.9. The van der Waals surface area contributed by atoms with Crippen LogP contribution >= 0.6 is 11.6 Å². The molecule has 1 N–H and O–H groups in total. The Labute approximate surface area is 167 Å². The molecule has 1 amide bonds. The second-order valence-corrected chi connectivity index (χ2v) is 8.14.